The summed E-state index contributed by atoms with van der Waals surface area (Å²) >= 11 is 5.96. The number of halogens is 1. The summed E-state index contributed by atoms with van der Waals surface area (Å²) in [6, 6.07) is 18.4. The molecule has 0 radical (unpaired) electrons. The summed E-state index contributed by atoms with van der Waals surface area (Å²) in [6.45, 7) is 0. The summed E-state index contributed by atoms with van der Waals surface area (Å²) in [7, 11) is 2.78. The first kappa shape index (κ1) is 23.1. The molecule has 34 heavy (non-hydrogen) atoms. The molecular weight excluding hydrogens is 458 g/mol. The number of amides is 1. The van der Waals surface area contributed by atoms with Crippen LogP contribution in [0.4, 0.5) is 5.69 Å². The van der Waals surface area contributed by atoms with Gasteiger partial charge in [0.15, 0.2) is 0 Å². The monoisotopic (exact) mass is 477 g/mol. The zero-order valence-corrected chi connectivity index (χ0v) is 19.1. The maximum atomic E-state index is 13.2. The average Bonchev–Trinajstić information content (AvgIpc) is 3.14. The van der Waals surface area contributed by atoms with E-state index in [0.717, 1.165) is 0 Å². The van der Waals surface area contributed by atoms with E-state index in [1.165, 1.54) is 25.2 Å². The number of hydrogen-bond donors (Lipinski definition) is 1. The summed E-state index contributed by atoms with van der Waals surface area (Å²) in [6.07, 6.45) is 0. The summed E-state index contributed by atoms with van der Waals surface area (Å²) in [5.41, 5.74) is 1.35. The minimum Gasteiger partial charge on any atom is -0.507 e. The highest BCUT2D eigenvalue weighted by Gasteiger charge is 2.47. The number of esters is 1. The van der Waals surface area contributed by atoms with Gasteiger partial charge in [-0.25, -0.2) is 4.79 Å². The largest absolute Gasteiger partial charge is 0.507 e. The highest BCUT2D eigenvalue weighted by Crippen LogP contribution is 2.42. The number of nitrogens with zero attached hydrogens (tertiary/aromatic N) is 1. The van der Waals surface area contributed by atoms with Crippen molar-refractivity contribution in [1.82, 2.24) is 0 Å². The van der Waals surface area contributed by atoms with E-state index in [1.807, 2.05) is 0 Å². The Morgan fingerprint density at radius 3 is 2.24 bits per heavy atom. The lowest BCUT2D eigenvalue weighted by atomic mass is 9.95. The average molecular weight is 478 g/mol. The van der Waals surface area contributed by atoms with Gasteiger partial charge < -0.3 is 14.6 Å². The van der Waals surface area contributed by atoms with Gasteiger partial charge in [0.2, 0.25) is 0 Å². The molecule has 172 valence electrons. The molecule has 0 aliphatic carbocycles. The van der Waals surface area contributed by atoms with Crippen LogP contribution in [0.1, 0.15) is 27.5 Å². The van der Waals surface area contributed by atoms with Gasteiger partial charge in [-0.3, -0.25) is 14.5 Å². The molecule has 1 atom stereocenters. The molecule has 1 amide bonds. The Hall–Kier alpha value is -4.10. The fraction of sp³-hybridized carbons (Fsp3) is 0.115. The van der Waals surface area contributed by atoms with Crippen LogP contribution in [0.5, 0.6) is 5.75 Å². The highest BCUT2D eigenvalue weighted by atomic mass is 35.5. The van der Waals surface area contributed by atoms with Crippen LogP contribution in [0.25, 0.3) is 5.76 Å². The normalized spacial score (nSPS) is 17.0. The maximum Gasteiger partial charge on any atom is 0.337 e. The number of rotatable bonds is 5. The molecule has 1 saturated heterocycles. The zero-order valence-electron chi connectivity index (χ0n) is 18.3. The second-order valence-electron chi connectivity index (χ2n) is 7.49. The number of carbonyl (C=O) groups is 3. The lowest BCUT2D eigenvalue weighted by molar-refractivity contribution is -0.132. The van der Waals surface area contributed by atoms with Gasteiger partial charge >= 0.3 is 5.97 Å². The molecule has 1 fully saturated rings. The Balaban J connectivity index is 1.92. The van der Waals surface area contributed by atoms with Crippen LogP contribution >= 0.6 is 11.6 Å². The minimum absolute atomic E-state index is 0.0824. The zero-order chi connectivity index (χ0) is 24.4. The van der Waals surface area contributed by atoms with Gasteiger partial charge in [0.1, 0.15) is 11.5 Å². The molecule has 7 nitrogen and oxygen atoms in total. The van der Waals surface area contributed by atoms with Crippen LogP contribution in [-0.2, 0) is 14.3 Å². The molecule has 1 N–H and O–H groups in total. The van der Waals surface area contributed by atoms with Gasteiger partial charge in [0.25, 0.3) is 11.7 Å². The summed E-state index contributed by atoms with van der Waals surface area (Å²) < 4.78 is 10.0. The predicted molar refractivity (Wildman–Crippen MR) is 127 cm³/mol. The Morgan fingerprint density at radius 2 is 1.62 bits per heavy atom. The van der Waals surface area contributed by atoms with Crippen molar-refractivity contribution in [2.45, 2.75) is 6.04 Å². The van der Waals surface area contributed by atoms with Crippen molar-refractivity contribution < 1.29 is 29.0 Å². The number of hydrogen-bond acceptors (Lipinski definition) is 6. The highest BCUT2D eigenvalue weighted by molar-refractivity contribution is 6.51. The number of anilines is 1. The fourth-order valence-electron chi connectivity index (χ4n) is 3.86. The van der Waals surface area contributed by atoms with Crippen molar-refractivity contribution in [3.8, 4) is 5.75 Å². The number of carbonyl (C=O) groups excluding carboxylic acids is 3. The number of Topliss-reactive ketones (excluding diaryl/α,β-unsaturated/α-hetero) is 1. The van der Waals surface area contributed by atoms with E-state index in [9.17, 15) is 19.5 Å². The van der Waals surface area contributed by atoms with Gasteiger partial charge in [-0.15, -0.1) is 0 Å². The maximum absolute atomic E-state index is 13.2. The van der Waals surface area contributed by atoms with Gasteiger partial charge in [0, 0.05) is 16.3 Å². The van der Waals surface area contributed by atoms with Crippen LogP contribution in [0.15, 0.2) is 78.4 Å². The first-order chi connectivity index (χ1) is 16.3. The van der Waals surface area contributed by atoms with E-state index in [1.54, 1.807) is 66.7 Å². The Kier molecular flexibility index (Phi) is 6.38. The van der Waals surface area contributed by atoms with Crippen LogP contribution < -0.4 is 9.64 Å². The second kappa shape index (κ2) is 9.41. The van der Waals surface area contributed by atoms with Crippen molar-refractivity contribution in [2.24, 2.45) is 0 Å². The lowest BCUT2D eigenvalue weighted by Gasteiger charge is -2.26. The summed E-state index contributed by atoms with van der Waals surface area (Å²) in [5.74, 6) is -2.01. The number of methoxy groups -OCH3 is 2. The quantitative estimate of drug-likeness (QED) is 0.246. The third-order valence-corrected chi connectivity index (χ3v) is 5.79. The topological polar surface area (TPSA) is 93.1 Å². The van der Waals surface area contributed by atoms with Gasteiger partial charge in [0.05, 0.1) is 31.4 Å². The van der Waals surface area contributed by atoms with Crippen LogP contribution in [0, 0.1) is 0 Å². The van der Waals surface area contributed by atoms with Crippen molar-refractivity contribution in [3.05, 3.63) is 100 Å². The van der Waals surface area contributed by atoms with Gasteiger partial charge in [-0.1, -0.05) is 29.8 Å². The van der Waals surface area contributed by atoms with Gasteiger partial charge in [-0.05, 0) is 60.2 Å². The molecule has 3 aromatic carbocycles. The first-order valence-corrected chi connectivity index (χ1v) is 10.6. The summed E-state index contributed by atoms with van der Waals surface area (Å²) in [4.78, 5) is 39.8. The van der Waals surface area contributed by atoms with Crippen molar-refractivity contribution in [1.29, 1.82) is 0 Å². The molecule has 0 saturated carbocycles. The van der Waals surface area contributed by atoms with Crippen LogP contribution in [-0.4, -0.2) is 37.0 Å². The van der Waals surface area contributed by atoms with Crippen LogP contribution in [0.2, 0.25) is 5.02 Å². The summed E-state index contributed by atoms with van der Waals surface area (Å²) in [5, 5.41) is 11.6. The van der Waals surface area contributed by atoms with Crippen molar-refractivity contribution in [2.75, 3.05) is 19.1 Å². The molecule has 0 bridgehead atoms. The Morgan fingerprint density at radius 1 is 0.941 bits per heavy atom. The molecule has 8 heteroatoms. The minimum atomic E-state index is -0.950. The third kappa shape index (κ3) is 4.13. The molecule has 0 spiro atoms. The molecule has 0 aromatic heterocycles. The smallest absolute Gasteiger partial charge is 0.337 e. The molecule has 1 aliphatic rings. The standard InChI is InChI=1S/C26H20ClNO6/c1-33-20-12-8-15(9-13-20)22-21(23(29)16-6-10-18(27)11-7-16)24(30)25(31)28(22)19-5-3-4-17(14-19)26(32)34-2/h3-14,22,29H,1-2H3/b23-21+. The fourth-order valence-corrected chi connectivity index (χ4v) is 3.99. The third-order valence-electron chi connectivity index (χ3n) is 5.54. The Bertz CT molecular complexity index is 1300. The molecular formula is C26H20ClNO6. The predicted octanol–water partition coefficient (Wildman–Crippen LogP) is 4.76. The molecule has 1 unspecified atom stereocenters. The van der Waals surface area contributed by atoms with E-state index in [0.29, 0.717) is 27.6 Å². The molecule has 4 rings (SSSR count). The van der Waals surface area contributed by atoms with E-state index < -0.39 is 23.7 Å². The van der Waals surface area contributed by atoms with Crippen molar-refractivity contribution >= 4 is 40.7 Å². The molecule has 3 aromatic rings. The number of aliphatic hydroxyl groups is 1. The SMILES string of the molecule is COC(=O)c1cccc(N2C(=O)C(=O)/C(=C(/O)c3ccc(Cl)cc3)C2c2ccc(OC)cc2)c1. The Labute approximate surface area is 200 Å². The molecule has 1 aliphatic heterocycles. The number of ether oxygens (including phenoxy) is 2. The van der Waals surface area contributed by atoms with E-state index in [-0.39, 0.29) is 16.9 Å². The van der Waals surface area contributed by atoms with Gasteiger partial charge in [-0.2, -0.15) is 0 Å². The van der Waals surface area contributed by atoms with E-state index >= 15 is 0 Å². The number of benzene rings is 3. The van der Waals surface area contributed by atoms with Crippen molar-refractivity contribution in [3.63, 3.8) is 0 Å². The van der Waals surface area contributed by atoms with E-state index in [2.05, 4.69) is 0 Å². The number of aliphatic hydroxyl groups excluding tert-OH is 1. The molecule has 1 heterocycles. The van der Waals surface area contributed by atoms with E-state index in [4.69, 9.17) is 21.1 Å². The number of ketones is 1. The lowest BCUT2D eigenvalue weighted by Crippen LogP contribution is -2.29. The second-order valence-corrected chi connectivity index (χ2v) is 7.93. The first-order valence-electron chi connectivity index (χ1n) is 10.2. The van der Waals surface area contributed by atoms with Crippen LogP contribution in [0.3, 0.4) is 0 Å².